The van der Waals surface area contributed by atoms with Gasteiger partial charge in [-0.3, -0.25) is 4.79 Å². The van der Waals surface area contributed by atoms with Crippen LogP contribution in [0.25, 0.3) is 11.4 Å². The number of rotatable bonds is 3. The van der Waals surface area contributed by atoms with Gasteiger partial charge in [-0.05, 0) is 6.07 Å². The second-order valence-electron chi connectivity index (χ2n) is 4.82. The Labute approximate surface area is 117 Å². The molecular formula is C15H16N4O. The van der Waals surface area contributed by atoms with Crippen molar-refractivity contribution in [3.63, 3.8) is 0 Å². The van der Waals surface area contributed by atoms with Crippen molar-refractivity contribution in [1.29, 1.82) is 0 Å². The molecule has 102 valence electrons. The standard InChI is InChI=1S/C15H16N4O/c1-16-15(20)12-9-19(10-12)13-7-8-17-14(18-13)11-5-3-2-4-6-11/h2-8,12H,9-10H2,1H3,(H,16,20). The van der Waals surface area contributed by atoms with E-state index in [1.807, 2.05) is 36.4 Å². The van der Waals surface area contributed by atoms with Gasteiger partial charge < -0.3 is 10.2 Å². The van der Waals surface area contributed by atoms with Gasteiger partial charge in [0.25, 0.3) is 0 Å². The lowest BCUT2D eigenvalue weighted by atomic mass is 9.99. The van der Waals surface area contributed by atoms with Crippen LogP contribution in [-0.4, -0.2) is 36.0 Å². The Morgan fingerprint density at radius 1 is 1.25 bits per heavy atom. The smallest absolute Gasteiger partial charge is 0.226 e. The topological polar surface area (TPSA) is 58.1 Å². The number of benzene rings is 1. The highest BCUT2D eigenvalue weighted by molar-refractivity contribution is 5.81. The van der Waals surface area contributed by atoms with E-state index >= 15 is 0 Å². The number of carbonyl (C=O) groups is 1. The van der Waals surface area contributed by atoms with Gasteiger partial charge in [-0.1, -0.05) is 30.3 Å². The normalized spacial score (nSPS) is 14.8. The quantitative estimate of drug-likeness (QED) is 0.912. The molecule has 0 atom stereocenters. The van der Waals surface area contributed by atoms with Crippen molar-refractivity contribution in [1.82, 2.24) is 15.3 Å². The minimum Gasteiger partial charge on any atom is -0.359 e. The highest BCUT2D eigenvalue weighted by Gasteiger charge is 2.32. The highest BCUT2D eigenvalue weighted by atomic mass is 16.1. The molecule has 3 rings (SSSR count). The zero-order valence-corrected chi connectivity index (χ0v) is 11.3. The number of nitrogens with zero attached hydrogens (tertiary/aromatic N) is 3. The van der Waals surface area contributed by atoms with Crippen LogP contribution < -0.4 is 10.2 Å². The number of hydrogen-bond donors (Lipinski definition) is 1. The lowest BCUT2D eigenvalue weighted by Gasteiger charge is -2.38. The Bertz CT molecular complexity index is 608. The van der Waals surface area contributed by atoms with Crippen molar-refractivity contribution < 1.29 is 4.79 Å². The average molecular weight is 268 g/mol. The van der Waals surface area contributed by atoms with E-state index in [9.17, 15) is 4.79 Å². The van der Waals surface area contributed by atoms with Crippen molar-refractivity contribution in [2.45, 2.75) is 0 Å². The van der Waals surface area contributed by atoms with Crippen LogP contribution >= 0.6 is 0 Å². The maximum absolute atomic E-state index is 11.5. The molecule has 2 aromatic rings. The molecule has 0 saturated carbocycles. The maximum Gasteiger partial charge on any atom is 0.226 e. The van der Waals surface area contributed by atoms with Crippen molar-refractivity contribution >= 4 is 11.7 Å². The van der Waals surface area contributed by atoms with Gasteiger partial charge in [-0.2, -0.15) is 0 Å². The second-order valence-corrected chi connectivity index (χ2v) is 4.82. The monoisotopic (exact) mass is 268 g/mol. The van der Waals surface area contributed by atoms with Gasteiger partial charge in [0.15, 0.2) is 5.82 Å². The third-order valence-corrected chi connectivity index (χ3v) is 3.50. The molecule has 0 aliphatic carbocycles. The van der Waals surface area contributed by atoms with Crippen molar-refractivity contribution in [2.75, 3.05) is 25.0 Å². The lowest BCUT2D eigenvalue weighted by Crippen LogP contribution is -2.53. The molecule has 1 amide bonds. The van der Waals surface area contributed by atoms with Gasteiger partial charge in [-0.15, -0.1) is 0 Å². The van der Waals surface area contributed by atoms with E-state index < -0.39 is 0 Å². The zero-order chi connectivity index (χ0) is 13.9. The molecule has 0 bridgehead atoms. The Balaban J connectivity index is 1.75. The predicted molar refractivity (Wildman–Crippen MR) is 77.2 cm³/mol. The molecule has 0 spiro atoms. The maximum atomic E-state index is 11.5. The first-order valence-electron chi connectivity index (χ1n) is 6.63. The van der Waals surface area contributed by atoms with E-state index in [1.54, 1.807) is 13.2 Å². The Morgan fingerprint density at radius 3 is 2.70 bits per heavy atom. The summed E-state index contributed by atoms with van der Waals surface area (Å²) in [5, 5.41) is 2.68. The first-order chi connectivity index (χ1) is 9.78. The molecule has 1 aromatic carbocycles. The van der Waals surface area contributed by atoms with Crippen LogP contribution in [0, 0.1) is 5.92 Å². The van der Waals surface area contributed by atoms with Crippen molar-refractivity contribution in [3.05, 3.63) is 42.6 Å². The molecule has 1 aromatic heterocycles. The first kappa shape index (κ1) is 12.6. The number of aromatic nitrogens is 2. The third-order valence-electron chi connectivity index (χ3n) is 3.50. The van der Waals surface area contributed by atoms with Crippen LogP contribution in [0.3, 0.4) is 0 Å². The van der Waals surface area contributed by atoms with Crippen LogP contribution in [0.5, 0.6) is 0 Å². The average Bonchev–Trinajstić information content (AvgIpc) is 2.47. The molecular weight excluding hydrogens is 252 g/mol. The summed E-state index contributed by atoms with van der Waals surface area (Å²) in [5.41, 5.74) is 0.998. The van der Waals surface area contributed by atoms with E-state index in [2.05, 4.69) is 20.2 Å². The number of amides is 1. The zero-order valence-electron chi connectivity index (χ0n) is 11.3. The molecule has 1 aliphatic heterocycles. The van der Waals surface area contributed by atoms with E-state index in [-0.39, 0.29) is 11.8 Å². The Kier molecular flexibility index (Phi) is 3.33. The van der Waals surface area contributed by atoms with E-state index in [1.165, 1.54) is 0 Å². The fourth-order valence-electron chi connectivity index (χ4n) is 2.29. The van der Waals surface area contributed by atoms with Crippen LogP contribution in [-0.2, 0) is 4.79 Å². The molecule has 20 heavy (non-hydrogen) atoms. The summed E-state index contributed by atoms with van der Waals surface area (Å²) >= 11 is 0. The minimum atomic E-state index is 0.0649. The largest absolute Gasteiger partial charge is 0.359 e. The molecule has 5 heteroatoms. The molecule has 1 aliphatic rings. The van der Waals surface area contributed by atoms with E-state index in [0.29, 0.717) is 18.9 Å². The molecule has 1 N–H and O–H groups in total. The Morgan fingerprint density at radius 2 is 2.00 bits per heavy atom. The molecule has 1 fully saturated rings. The number of anilines is 1. The van der Waals surface area contributed by atoms with Gasteiger partial charge >= 0.3 is 0 Å². The third kappa shape index (κ3) is 2.34. The highest BCUT2D eigenvalue weighted by Crippen LogP contribution is 2.24. The van der Waals surface area contributed by atoms with E-state index in [0.717, 1.165) is 11.4 Å². The Hall–Kier alpha value is -2.43. The second kappa shape index (κ2) is 5.28. The number of nitrogens with one attached hydrogen (secondary N) is 1. The molecule has 0 radical (unpaired) electrons. The van der Waals surface area contributed by atoms with E-state index in [4.69, 9.17) is 0 Å². The molecule has 2 heterocycles. The van der Waals surface area contributed by atoms with Gasteiger partial charge in [0.1, 0.15) is 5.82 Å². The van der Waals surface area contributed by atoms with Crippen LogP contribution in [0.2, 0.25) is 0 Å². The van der Waals surface area contributed by atoms with Crippen molar-refractivity contribution in [3.8, 4) is 11.4 Å². The van der Waals surface area contributed by atoms with Gasteiger partial charge in [0, 0.05) is 31.9 Å². The fraction of sp³-hybridized carbons (Fsp3) is 0.267. The summed E-state index contributed by atoms with van der Waals surface area (Å²) in [6.07, 6.45) is 1.76. The molecule has 5 nitrogen and oxygen atoms in total. The summed E-state index contributed by atoms with van der Waals surface area (Å²) in [6.45, 7) is 1.43. The summed E-state index contributed by atoms with van der Waals surface area (Å²) in [4.78, 5) is 22.5. The van der Waals surface area contributed by atoms with Crippen LogP contribution in [0.1, 0.15) is 0 Å². The summed E-state index contributed by atoms with van der Waals surface area (Å²) in [7, 11) is 1.67. The number of hydrogen-bond acceptors (Lipinski definition) is 4. The number of carbonyl (C=O) groups excluding carboxylic acids is 1. The van der Waals surface area contributed by atoms with Crippen molar-refractivity contribution in [2.24, 2.45) is 5.92 Å². The first-order valence-corrected chi connectivity index (χ1v) is 6.63. The van der Waals surface area contributed by atoms with Gasteiger partial charge in [0.2, 0.25) is 5.91 Å². The van der Waals surface area contributed by atoms with Crippen LogP contribution in [0.4, 0.5) is 5.82 Å². The summed E-state index contributed by atoms with van der Waals surface area (Å²) in [6, 6.07) is 11.8. The minimum absolute atomic E-state index is 0.0649. The van der Waals surface area contributed by atoms with Gasteiger partial charge in [0.05, 0.1) is 5.92 Å². The lowest BCUT2D eigenvalue weighted by molar-refractivity contribution is -0.125. The molecule has 0 unspecified atom stereocenters. The predicted octanol–water partition coefficient (Wildman–Crippen LogP) is 1.33. The summed E-state index contributed by atoms with van der Waals surface area (Å²) in [5.74, 6) is 1.75. The van der Waals surface area contributed by atoms with Gasteiger partial charge in [-0.25, -0.2) is 9.97 Å². The fourth-order valence-corrected chi connectivity index (χ4v) is 2.29. The molecule has 1 saturated heterocycles. The summed E-state index contributed by atoms with van der Waals surface area (Å²) < 4.78 is 0. The van der Waals surface area contributed by atoms with Crippen LogP contribution in [0.15, 0.2) is 42.6 Å². The SMILES string of the molecule is CNC(=O)C1CN(c2ccnc(-c3ccccc3)n2)C1.